The van der Waals surface area contributed by atoms with E-state index in [1.165, 1.54) is 19.2 Å². The number of aromatic hydroxyl groups is 1. The fraction of sp³-hybridized carbons (Fsp3) is 0.273. The number of aliphatic carboxylic acids is 1. The number of carboxylic acid groups (broad SMARTS) is 1. The van der Waals surface area contributed by atoms with Crippen molar-refractivity contribution in [3.8, 4) is 28.6 Å². The van der Waals surface area contributed by atoms with E-state index in [-0.39, 0.29) is 22.5 Å². The lowest BCUT2D eigenvalue weighted by Gasteiger charge is -2.38. The van der Waals surface area contributed by atoms with E-state index in [2.05, 4.69) is 0 Å². The molecule has 33 heavy (non-hydrogen) atoms. The van der Waals surface area contributed by atoms with Crippen molar-refractivity contribution in [1.29, 1.82) is 0 Å². The minimum atomic E-state index is -1.94. The van der Waals surface area contributed by atoms with Crippen molar-refractivity contribution < 1.29 is 49.0 Å². The van der Waals surface area contributed by atoms with Gasteiger partial charge in [-0.2, -0.15) is 0 Å². The van der Waals surface area contributed by atoms with Gasteiger partial charge in [-0.1, -0.05) is 30.3 Å². The first kappa shape index (κ1) is 22.6. The maximum Gasteiger partial charge on any atom is 0.335 e. The average Bonchev–Trinajstić information content (AvgIpc) is 2.80. The molecule has 0 aliphatic carbocycles. The fourth-order valence-electron chi connectivity index (χ4n) is 3.54. The van der Waals surface area contributed by atoms with E-state index in [0.29, 0.717) is 5.56 Å². The number of aliphatic hydroxyl groups is 3. The van der Waals surface area contributed by atoms with Gasteiger partial charge in [0.05, 0.1) is 7.11 Å². The Morgan fingerprint density at radius 2 is 1.73 bits per heavy atom. The molecule has 2 aromatic carbocycles. The van der Waals surface area contributed by atoms with Crippen LogP contribution in [0.3, 0.4) is 0 Å². The molecule has 1 aliphatic rings. The zero-order chi connectivity index (χ0) is 23.9. The SMILES string of the molecule is COc1cc2oc(-c3ccccc3)cc(=O)c2c(O[C@@H]2O[C@H](C(=O)O)[C@@H](O)[C@@H](O)[C@H]2O)c1O. The number of benzene rings is 2. The summed E-state index contributed by atoms with van der Waals surface area (Å²) in [4.78, 5) is 24.3. The van der Waals surface area contributed by atoms with Gasteiger partial charge in [-0.3, -0.25) is 4.79 Å². The maximum absolute atomic E-state index is 13.0. The Hall–Kier alpha value is -3.64. The Morgan fingerprint density at radius 3 is 2.36 bits per heavy atom. The van der Waals surface area contributed by atoms with E-state index in [1.54, 1.807) is 30.3 Å². The molecule has 4 rings (SSSR count). The van der Waals surface area contributed by atoms with Crippen LogP contribution < -0.4 is 14.9 Å². The van der Waals surface area contributed by atoms with Gasteiger partial charge in [0.2, 0.25) is 12.0 Å². The summed E-state index contributed by atoms with van der Waals surface area (Å²) in [6, 6.07) is 11.2. The summed E-state index contributed by atoms with van der Waals surface area (Å²) >= 11 is 0. The lowest BCUT2D eigenvalue weighted by molar-refractivity contribution is -0.271. The van der Waals surface area contributed by atoms with Gasteiger partial charge >= 0.3 is 5.97 Å². The highest BCUT2D eigenvalue weighted by Gasteiger charge is 2.48. The predicted octanol–water partition coefficient (Wildman–Crippen LogP) is 0.445. The Balaban J connectivity index is 1.84. The first-order chi connectivity index (χ1) is 15.7. The van der Waals surface area contributed by atoms with Crippen LogP contribution in [0.2, 0.25) is 0 Å². The van der Waals surface area contributed by atoms with Gasteiger partial charge in [0.15, 0.2) is 23.0 Å². The number of phenolic OH excluding ortho intramolecular Hbond substituents is 1. The van der Waals surface area contributed by atoms with Crippen LogP contribution >= 0.6 is 0 Å². The Kier molecular flexibility index (Phi) is 5.95. The van der Waals surface area contributed by atoms with Gasteiger partial charge < -0.3 is 44.2 Å². The van der Waals surface area contributed by atoms with Crippen LogP contribution in [-0.2, 0) is 9.53 Å². The van der Waals surface area contributed by atoms with Crippen molar-refractivity contribution in [3.05, 3.63) is 52.7 Å². The molecule has 5 atom stereocenters. The van der Waals surface area contributed by atoms with E-state index in [0.717, 1.165) is 0 Å². The van der Waals surface area contributed by atoms with Gasteiger partial charge in [-0.25, -0.2) is 4.79 Å². The maximum atomic E-state index is 13.0. The summed E-state index contributed by atoms with van der Waals surface area (Å²) in [6.07, 6.45) is -9.59. The molecule has 1 fully saturated rings. The molecule has 0 spiro atoms. The summed E-state index contributed by atoms with van der Waals surface area (Å²) in [5.41, 5.74) is -0.0474. The molecular weight excluding hydrogens is 440 g/mol. The molecule has 1 aromatic heterocycles. The van der Waals surface area contributed by atoms with Crippen molar-refractivity contribution in [3.63, 3.8) is 0 Å². The van der Waals surface area contributed by atoms with E-state index in [9.17, 15) is 35.1 Å². The first-order valence-corrected chi connectivity index (χ1v) is 9.75. The van der Waals surface area contributed by atoms with Crippen LogP contribution in [0, 0.1) is 0 Å². The molecule has 0 bridgehead atoms. The van der Waals surface area contributed by atoms with Gasteiger partial charge in [0.25, 0.3) is 0 Å². The number of aliphatic hydroxyl groups excluding tert-OH is 3. The van der Waals surface area contributed by atoms with Crippen LogP contribution in [0.4, 0.5) is 0 Å². The number of hydrogen-bond donors (Lipinski definition) is 5. The second kappa shape index (κ2) is 8.71. The van der Waals surface area contributed by atoms with Crippen LogP contribution in [-0.4, -0.2) is 69.3 Å². The monoisotopic (exact) mass is 460 g/mol. The summed E-state index contributed by atoms with van der Waals surface area (Å²) < 4.78 is 21.5. The van der Waals surface area contributed by atoms with Gasteiger partial charge in [-0.15, -0.1) is 0 Å². The zero-order valence-corrected chi connectivity index (χ0v) is 17.1. The quantitative estimate of drug-likeness (QED) is 0.357. The lowest BCUT2D eigenvalue weighted by atomic mass is 9.99. The van der Waals surface area contributed by atoms with E-state index >= 15 is 0 Å². The third kappa shape index (κ3) is 3.98. The van der Waals surface area contributed by atoms with E-state index < -0.39 is 53.6 Å². The molecule has 3 aromatic rings. The fourth-order valence-corrected chi connectivity index (χ4v) is 3.54. The third-order valence-corrected chi connectivity index (χ3v) is 5.24. The van der Waals surface area contributed by atoms with Crippen molar-refractivity contribution in [1.82, 2.24) is 0 Å². The highest BCUT2D eigenvalue weighted by Crippen LogP contribution is 2.43. The molecular formula is C22H20O11. The topological polar surface area (TPSA) is 176 Å². The molecule has 0 saturated carbocycles. The van der Waals surface area contributed by atoms with Gasteiger partial charge in [-0.05, 0) is 0 Å². The summed E-state index contributed by atoms with van der Waals surface area (Å²) in [6.45, 7) is 0. The Labute approximate surface area is 185 Å². The molecule has 2 heterocycles. The minimum Gasteiger partial charge on any atom is -0.502 e. The van der Waals surface area contributed by atoms with Crippen molar-refractivity contribution in [2.45, 2.75) is 30.7 Å². The van der Waals surface area contributed by atoms with E-state index in [1.807, 2.05) is 0 Å². The standard InChI is InChI=1S/C22H20O11/c1-30-13-8-12-14(10(23)7-11(31-12)9-5-3-2-4-6-9)19(15(13)24)32-22-18(27)16(25)17(26)20(33-22)21(28)29/h2-8,16-18,20,22,24-27H,1H3,(H,28,29)/t16-,17+,18-,20+,22-/m1/s1. The number of carbonyl (C=O) groups is 1. The number of phenols is 1. The number of fused-ring (bicyclic) bond motifs is 1. The molecule has 174 valence electrons. The number of hydrogen-bond acceptors (Lipinski definition) is 10. The summed E-state index contributed by atoms with van der Waals surface area (Å²) in [7, 11) is 1.25. The largest absolute Gasteiger partial charge is 0.502 e. The van der Waals surface area contributed by atoms with Crippen molar-refractivity contribution in [2.75, 3.05) is 7.11 Å². The Morgan fingerprint density at radius 1 is 1.03 bits per heavy atom. The highest BCUT2D eigenvalue weighted by molar-refractivity contribution is 5.90. The van der Waals surface area contributed by atoms with Gasteiger partial charge in [0, 0.05) is 17.7 Å². The van der Waals surface area contributed by atoms with Crippen LogP contribution in [0.1, 0.15) is 0 Å². The minimum absolute atomic E-state index is 0.0355. The molecule has 11 heteroatoms. The Bertz CT molecular complexity index is 1240. The summed E-state index contributed by atoms with van der Waals surface area (Å²) in [5.74, 6) is -2.70. The first-order valence-electron chi connectivity index (χ1n) is 9.75. The van der Waals surface area contributed by atoms with Crippen molar-refractivity contribution >= 4 is 16.9 Å². The summed E-state index contributed by atoms with van der Waals surface area (Å²) in [5, 5.41) is 49.7. The van der Waals surface area contributed by atoms with Crippen LogP contribution in [0.15, 0.2) is 51.7 Å². The lowest BCUT2D eigenvalue weighted by Crippen LogP contribution is -2.61. The molecule has 0 unspecified atom stereocenters. The van der Waals surface area contributed by atoms with Crippen molar-refractivity contribution in [2.24, 2.45) is 0 Å². The second-order valence-electron chi connectivity index (χ2n) is 7.32. The zero-order valence-electron chi connectivity index (χ0n) is 17.1. The number of ether oxygens (including phenoxy) is 3. The molecule has 0 radical (unpaired) electrons. The third-order valence-electron chi connectivity index (χ3n) is 5.24. The average molecular weight is 460 g/mol. The number of carboxylic acids is 1. The van der Waals surface area contributed by atoms with Crippen LogP contribution in [0.5, 0.6) is 17.2 Å². The molecule has 11 nitrogen and oxygen atoms in total. The molecule has 1 saturated heterocycles. The normalized spacial score (nSPS) is 25.0. The van der Waals surface area contributed by atoms with Gasteiger partial charge in [0.1, 0.15) is 35.0 Å². The second-order valence-corrected chi connectivity index (χ2v) is 7.32. The smallest absolute Gasteiger partial charge is 0.335 e. The highest BCUT2D eigenvalue weighted by atomic mass is 16.7. The van der Waals surface area contributed by atoms with E-state index in [4.69, 9.17) is 18.6 Å². The van der Waals surface area contributed by atoms with Crippen LogP contribution in [0.25, 0.3) is 22.3 Å². The molecule has 0 amide bonds. The number of methoxy groups -OCH3 is 1. The molecule has 1 aliphatic heterocycles. The number of rotatable bonds is 5. The predicted molar refractivity (Wildman–Crippen MR) is 111 cm³/mol. The molecule has 5 N–H and O–H groups in total.